The third-order valence-electron chi connectivity index (χ3n) is 3.13. The predicted octanol–water partition coefficient (Wildman–Crippen LogP) is 2.14. The largest absolute Gasteiger partial charge is 0.385 e. The molecule has 0 saturated carbocycles. The Morgan fingerprint density at radius 3 is 2.77 bits per heavy atom. The van der Waals surface area contributed by atoms with Crippen molar-refractivity contribution in [1.29, 1.82) is 0 Å². The van der Waals surface area contributed by atoms with E-state index in [9.17, 15) is 0 Å². The molecule has 0 bridgehead atoms. The molecule has 2 nitrogen and oxygen atoms in total. The van der Waals surface area contributed by atoms with Crippen LogP contribution in [0, 0.1) is 5.92 Å². The van der Waals surface area contributed by atoms with Gasteiger partial charge in [0.1, 0.15) is 0 Å². The second-order valence-corrected chi connectivity index (χ2v) is 4.27. The minimum atomic E-state index is 0.775. The first kappa shape index (κ1) is 11.0. The number of hydrogen-bond donors (Lipinski definition) is 0. The van der Waals surface area contributed by atoms with Crippen LogP contribution in [0.2, 0.25) is 0 Å². The highest BCUT2D eigenvalue weighted by atomic mass is 16.5. The van der Waals surface area contributed by atoms with Crippen molar-refractivity contribution in [1.82, 2.24) is 4.90 Å². The van der Waals surface area contributed by atoms with E-state index in [4.69, 9.17) is 4.74 Å². The van der Waals surface area contributed by atoms with Gasteiger partial charge < -0.3 is 9.64 Å². The Morgan fingerprint density at radius 1 is 1.38 bits per heavy atom. The first-order chi connectivity index (χ1) is 6.27. The Hall–Kier alpha value is -0.0800. The molecule has 1 fully saturated rings. The van der Waals surface area contributed by atoms with Gasteiger partial charge in [-0.15, -0.1) is 0 Å². The Bertz CT molecular complexity index is 138. The quantitative estimate of drug-likeness (QED) is 0.650. The van der Waals surface area contributed by atoms with E-state index in [2.05, 4.69) is 18.9 Å². The third kappa shape index (κ3) is 3.28. The Kier molecular flexibility index (Phi) is 4.74. The second kappa shape index (κ2) is 5.61. The zero-order chi connectivity index (χ0) is 9.68. The molecule has 1 saturated heterocycles. The van der Waals surface area contributed by atoms with E-state index in [-0.39, 0.29) is 0 Å². The lowest BCUT2D eigenvalue weighted by molar-refractivity contribution is 0.163. The summed E-state index contributed by atoms with van der Waals surface area (Å²) in [5, 5.41) is 0. The summed E-state index contributed by atoms with van der Waals surface area (Å²) >= 11 is 0. The van der Waals surface area contributed by atoms with E-state index in [1.54, 1.807) is 7.11 Å². The van der Waals surface area contributed by atoms with Crippen molar-refractivity contribution in [3.05, 3.63) is 0 Å². The van der Waals surface area contributed by atoms with Gasteiger partial charge >= 0.3 is 0 Å². The van der Waals surface area contributed by atoms with Crippen LogP contribution in [0.15, 0.2) is 0 Å². The summed E-state index contributed by atoms with van der Waals surface area (Å²) in [6, 6.07) is 0.775. The van der Waals surface area contributed by atoms with Gasteiger partial charge in [-0.25, -0.2) is 0 Å². The first-order valence-corrected chi connectivity index (χ1v) is 5.47. The van der Waals surface area contributed by atoms with Crippen molar-refractivity contribution in [3.8, 4) is 0 Å². The van der Waals surface area contributed by atoms with Crippen LogP contribution in [-0.4, -0.2) is 38.3 Å². The molecule has 0 aromatic carbocycles. The molecule has 2 unspecified atom stereocenters. The minimum absolute atomic E-state index is 0.775. The number of likely N-dealkylation sites (tertiary alicyclic amines) is 1. The van der Waals surface area contributed by atoms with E-state index in [0.717, 1.165) is 18.6 Å². The van der Waals surface area contributed by atoms with E-state index in [0.29, 0.717) is 0 Å². The lowest BCUT2D eigenvalue weighted by Gasteiger charge is -2.18. The zero-order valence-corrected chi connectivity index (χ0v) is 9.25. The Balaban J connectivity index is 2.24. The maximum absolute atomic E-state index is 5.12. The van der Waals surface area contributed by atoms with E-state index < -0.39 is 0 Å². The summed E-state index contributed by atoms with van der Waals surface area (Å²) in [7, 11) is 4.04. The number of nitrogens with zero attached hydrogens (tertiary/aromatic N) is 1. The monoisotopic (exact) mass is 185 g/mol. The van der Waals surface area contributed by atoms with Crippen LogP contribution in [0.4, 0.5) is 0 Å². The highest BCUT2D eigenvalue weighted by Gasteiger charge is 2.27. The van der Waals surface area contributed by atoms with E-state index in [1.165, 1.54) is 32.2 Å². The molecule has 1 aliphatic rings. The maximum Gasteiger partial charge on any atom is 0.0477 e. The number of rotatable bonds is 5. The Labute approximate surface area is 82.3 Å². The summed E-state index contributed by atoms with van der Waals surface area (Å²) in [6.07, 6.45) is 5.31. The molecular formula is C11H23NO. The predicted molar refractivity (Wildman–Crippen MR) is 55.9 cm³/mol. The number of ether oxygens (including phenoxy) is 1. The lowest BCUT2D eigenvalue weighted by Crippen LogP contribution is -2.26. The molecule has 0 aromatic heterocycles. The van der Waals surface area contributed by atoms with Crippen LogP contribution < -0.4 is 0 Å². The van der Waals surface area contributed by atoms with Gasteiger partial charge in [-0.2, -0.15) is 0 Å². The van der Waals surface area contributed by atoms with Gasteiger partial charge in [-0.3, -0.25) is 0 Å². The molecule has 0 radical (unpaired) electrons. The molecule has 78 valence electrons. The molecular weight excluding hydrogens is 162 g/mol. The fraction of sp³-hybridized carbons (Fsp3) is 1.00. The molecule has 0 spiro atoms. The van der Waals surface area contributed by atoms with Gasteiger partial charge in [0, 0.05) is 26.3 Å². The van der Waals surface area contributed by atoms with Crippen molar-refractivity contribution in [2.75, 3.05) is 27.3 Å². The topological polar surface area (TPSA) is 12.5 Å². The van der Waals surface area contributed by atoms with Crippen LogP contribution in [0.25, 0.3) is 0 Å². The van der Waals surface area contributed by atoms with Gasteiger partial charge in [0.15, 0.2) is 0 Å². The molecule has 1 heterocycles. The lowest BCUT2D eigenvalue weighted by atomic mass is 9.99. The summed E-state index contributed by atoms with van der Waals surface area (Å²) in [4.78, 5) is 2.50. The zero-order valence-electron chi connectivity index (χ0n) is 9.25. The van der Waals surface area contributed by atoms with Crippen LogP contribution >= 0.6 is 0 Å². The number of hydrogen-bond acceptors (Lipinski definition) is 2. The molecule has 1 aliphatic heterocycles. The standard InChI is InChI=1S/C11H23NO/c1-4-5-10-8-11(6-7-13-3)12(2)9-10/h10-11H,4-9H2,1-3H3. The minimum Gasteiger partial charge on any atom is -0.385 e. The SMILES string of the molecule is CCCC1CC(CCOC)N(C)C1. The molecule has 0 N–H and O–H groups in total. The average Bonchev–Trinajstić information content (AvgIpc) is 2.44. The van der Waals surface area contributed by atoms with Gasteiger partial charge in [0.2, 0.25) is 0 Å². The molecule has 0 aromatic rings. The summed E-state index contributed by atoms with van der Waals surface area (Å²) in [5.41, 5.74) is 0. The van der Waals surface area contributed by atoms with Crippen molar-refractivity contribution in [2.45, 2.75) is 38.6 Å². The van der Waals surface area contributed by atoms with Gasteiger partial charge in [0.25, 0.3) is 0 Å². The summed E-state index contributed by atoms with van der Waals surface area (Å²) in [5.74, 6) is 0.942. The summed E-state index contributed by atoms with van der Waals surface area (Å²) < 4.78 is 5.12. The van der Waals surface area contributed by atoms with E-state index in [1.807, 2.05) is 0 Å². The fourth-order valence-electron chi connectivity index (χ4n) is 2.41. The number of methoxy groups -OCH3 is 1. The van der Waals surface area contributed by atoms with Crippen molar-refractivity contribution >= 4 is 0 Å². The molecule has 2 heteroatoms. The normalized spacial score (nSPS) is 29.8. The van der Waals surface area contributed by atoms with Crippen molar-refractivity contribution in [3.63, 3.8) is 0 Å². The molecule has 1 rings (SSSR count). The van der Waals surface area contributed by atoms with Crippen molar-refractivity contribution < 1.29 is 4.74 Å². The summed E-state index contributed by atoms with van der Waals surface area (Å²) in [6.45, 7) is 4.48. The van der Waals surface area contributed by atoms with Crippen LogP contribution in [0.1, 0.15) is 32.6 Å². The molecule has 0 aliphatic carbocycles. The fourth-order valence-corrected chi connectivity index (χ4v) is 2.41. The maximum atomic E-state index is 5.12. The molecule has 0 amide bonds. The average molecular weight is 185 g/mol. The van der Waals surface area contributed by atoms with Crippen molar-refractivity contribution in [2.24, 2.45) is 5.92 Å². The highest BCUT2D eigenvalue weighted by Crippen LogP contribution is 2.26. The Morgan fingerprint density at radius 2 is 2.15 bits per heavy atom. The first-order valence-electron chi connectivity index (χ1n) is 5.47. The second-order valence-electron chi connectivity index (χ2n) is 4.27. The molecule has 13 heavy (non-hydrogen) atoms. The smallest absolute Gasteiger partial charge is 0.0477 e. The third-order valence-corrected chi connectivity index (χ3v) is 3.13. The van der Waals surface area contributed by atoms with Crippen LogP contribution in [0.5, 0.6) is 0 Å². The van der Waals surface area contributed by atoms with Crippen LogP contribution in [-0.2, 0) is 4.74 Å². The van der Waals surface area contributed by atoms with Gasteiger partial charge in [-0.1, -0.05) is 13.3 Å². The van der Waals surface area contributed by atoms with Gasteiger partial charge in [0.05, 0.1) is 0 Å². The van der Waals surface area contributed by atoms with Gasteiger partial charge in [-0.05, 0) is 32.2 Å². The van der Waals surface area contributed by atoms with Crippen LogP contribution in [0.3, 0.4) is 0 Å². The highest BCUT2D eigenvalue weighted by molar-refractivity contribution is 4.82. The van der Waals surface area contributed by atoms with E-state index >= 15 is 0 Å². The molecule has 2 atom stereocenters.